The summed E-state index contributed by atoms with van der Waals surface area (Å²) in [6.45, 7) is 2.93. The Kier molecular flexibility index (Phi) is 7.40. The number of aliphatic hydroxyl groups is 1. The Morgan fingerprint density at radius 2 is 1.63 bits per heavy atom. The fourth-order valence-corrected chi connectivity index (χ4v) is 4.99. The molecule has 0 radical (unpaired) electrons. The predicted molar refractivity (Wildman–Crippen MR) is 130 cm³/mol. The maximum Gasteiger partial charge on any atom is 0.407 e. The van der Waals surface area contributed by atoms with Crippen LogP contribution in [0.25, 0.3) is 11.1 Å². The lowest BCUT2D eigenvalue weighted by Gasteiger charge is -2.36. The first-order valence-electron chi connectivity index (χ1n) is 12.1. The van der Waals surface area contributed by atoms with Gasteiger partial charge in [-0.2, -0.15) is 0 Å². The average molecular weight is 481 g/mol. The van der Waals surface area contributed by atoms with Crippen LogP contribution in [0, 0.1) is 5.92 Å². The van der Waals surface area contributed by atoms with Crippen molar-refractivity contribution in [3.05, 3.63) is 59.7 Å². The molecule has 1 aliphatic heterocycles. The number of hydrogen-bond acceptors (Lipinski definition) is 5. The summed E-state index contributed by atoms with van der Waals surface area (Å²) in [6.07, 6.45) is 0.787. The number of aliphatic carboxylic acids is 1. The minimum absolute atomic E-state index is 0.00844. The molecule has 8 nitrogen and oxygen atoms in total. The lowest BCUT2D eigenvalue weighted by molar-refractivity contribution is -0.165. The summed E-state index contributed by atoms with van der Waals surface area (Å²) in [6, 6.07) is 16.3. The van der Waals surface area contributed by atoms with Gasteiger partial charge in [-0.25, -0.2) is 9.59 Å². The number of alkyl carbamates (subject to hydrolysis) is 1. The van der Waals surface area contributed by atoms with E-state index in [-0.39, 0.29) is 50.3 Å². The molecule has 0 aromatic heterocycles. The molecule has 0 saturated carbocycles. The monoisotopic (exact) mass is 480 g/mol. The zero-order chi connectivity index (χ0) is 25.0. The van der Waals surface area contributed by atoms with Crippen molar-refractivity contribution < 1.29 is 29.3 Å². The molecule has 1 unspecified atom stereocenters. The second-order valence-corrected chi connectivity index (χ2v) is 9.46. The Bertz CT molecular complexity index is 1050. The molecule has 1 aliphatic carbocycles. The Labute approximate surface area is 204 Å². The topological polar surface area (TPSA) is 116 Å². The van der Waals surface area contributed by atoms with Crippen molar-refractivity contribution in [2.75, 3.05) is 26.2 Å². The maximum atomic E-state index is 12.6. The molecule has 0 bridgehead atoms. The number of carboxylic acid groups (broad SMARTS) is 1. The van der Waals surface area contributed by atoms with Crippen molar-refractivity contribution in [3.8, 4) is 11.1 Å². The summed E-state index contributed by atoms with van der Waals surface area (Å²) in [7, 11) is 0. The van der Waals surface area contributed by atoms with Crippen molar-refractivity contribution >= 4 is 18.0 Å². The van der Waals surface area contributed by atoms with Crippen LogP contribution in [-0.2, 0) is 14.3 Å². The van der Waals surface area contributed by atoms with Crippen molar-refractivity contribution in [1.29, 1.82) is 0 Å². The second-order valence-electron chi connectivity index (χ2n) is 9.46. The van der Waals surface area contributed by atoms with Crippen LogP contribution < -0.4 is 5.32 Å². The van der Waals surface area contributed by atoms with E-state index in [1.54, 1.807) is 4.90 Å². The number of carboxylic acids is 1. The van der Waals surface area contributed by atoms with Gasteiger partial charge in [0, 0.05) is 44.3 Å². The fraction of sp³-hybridized carbons (Fsp3) is 0.444. The first-order valence-corrected chi connectivity index (χ1v) is 12.1. The molecule has 1 atom stereocenters. The molecule has 186 valence electrons. The van der Waals surface area contributed by atoms with E-state index in [0.717, 1.165) is 11.1 Å². The van der Waals surface area contributed by atoms with Crippen molar-refractivity contribution in [3.63, 3.8) is 0 Å². The lowest BCUT2D eigenvalue weighted by Crippen LogP contribution is -2.51. The third-order valence-electron chi connectivity index (χ3n) is 7.15. The van der Waals surface area contributed by atoms with E-state index in [2.05, 4.69) is 29.6 Å². The molecule has 1 saturated heterocycles. The summed E-state index contributed by atoms with van der Waals surface area (Å²) in [5.74, 6) is -1.54. The molecular weight excluding hydrogens is 448 g/mol. The Morgan fingerprint density at radius 1 is 1.06 bits per heavy atom. The molecule has 3 N–H and O–H groups in total. The Balaban J connectivity index is 1.18. The Hall–Kier alpha value is -3.39. The molecule has 0 spiro atoms. The van der Waals surface area contributed by atoms with Gasteiger partial charge < -0.3 is 25.2 Å². The fourth-order valence-electron chi connectivity index (χ4n) is 4.99. The van der Waals surface area contributed by atoms with Crippen LogP contribution >= 0.6 is 0 Å². The van der Waals surface area contributed by atoms with E-state index in [4.69, 9.17) is 9.84 Å². The number of rotatable bonds is 8. The molecule has 2 aromatic rings. The number of fused-ring (bicyclic) bond motifs is 3. The quantitative estimate of drug-likeness (QED) is 0.499. The minimum atomic E-state index is -1.74. The van der Waals surface area contributed by atoms with Gasteiger partial charge in [-0.3, -0.25) is 4.79 Å². The third kappa shape index (κ3) is 5.32. The van der Waals surface area contributed by atoms with E-state index in [0.29, 0.717) is 19.4 Å². The maximum absolute atomic E-state index is 12.6. The molecule has 4 rings (SSSR count). The molecule has 1 fully saturated rings. The normalized spacial score (nSPS) is 17.3. The highest BCUT2D eigenvalue weighted by Crippen LogP contribution is 2.44. The van der Waals surface area contributed by atoms with Crippen LogP contribution in [0.5, 0.6) is 0 Å². The van der Waals surface area contributed by atoms with Gasteiger partial charge >= 0.3 is 12.1 Å². The first-order chi connectivity index (χ1) is 16.8. The molecule has 35 heavy (non-hydrogen) atoms. The highest BCUT2D eigenvalue weighted by molar-refractivity contribution is 5.81. The molecule has 2 amide bonds. The molecule has 2 aliphatic rings. The van der Waals surface area contributed by atoms with Crippen molar-refractivity contribution in [2.24, 2.45) is 5.92 Å². The van der Waals surface area contributed by atoms with Crippen LogP contribution in [0.3, 0.4) is 0 Å². The molecule has 1 heterocycles. The lowest BCUT2D eigenvalue weighted by atomic mass is 9.90. The van der Waals surface area contributed by atoms with Gasteiger partial charge in [0.05, 0.1) is 0 Å². The number of likely N-dealkylation sites (tertiary alicyclic amines) is 1. The number of nitrogens with one attached hydrogen (secondary N) is 1. The van der Waals surface area contributed by atoms with Crippen LogP contribution in [0.1, 0.15) is 49.7 Å². The van der Waals surface area contributed by atoms with Crippen molar-refractivity contribution in [2.45, 2.75) is 44.1 Å². The summed E-state index contributed by atoms with van der Waals surface area (Å²) < 4.78 is 5.53. The first kappa shape index (κ1) is 24.7. The van der Waals surface area contributed by atoms with Gasteiger partial charge in [0.1, 0.15) is 6.61 Å². The van der Waals surface area contributed by atoms with Crippen LogP contribution in [0.2, 0.25) is 0 Å². The predicted octanol–water partition coefficient (Wildman–Crippen LogP) is 3.38. The highest BCUT2D eigenvalue weighted by Gasteiger charge is 2.40. The number of piperidine rings is 1. The van der Waals surface area contributed by atoms with E-state index in [9.17, 15) is 19.5 Å². The van der Waals surface area contributed by atoms with E-state index in [1.165, 1.54) is 11.1 Å². The molecular formula is C27H32N2O6. The number of benzene rings is 2. The summed E-state index contributed by atoms with van der Waals surface area (Å²) in [4.78, 5) is 37.7. The minimum Gasteiger partial charge on any atom is -0.479 e. The number of amides is 2. The number of ether oxygens (including phenoxy) is 1. The summed E-state index contributed by atoms with van der Waals surface area (Å²) >= 11 is 0. The third-order valence-corrected chi connectivity index (χ3v) is 7.15. The number of nitrogens with zero attached hydrogens (tertiary/aromatic N) is 1. The van der Waals surface area contributed by atoms with Gasteiger partial charge in [0.2, 0.25) is 5.91 Å². The average Bonchev–Trinajstić information content (AvgIpc) is 3.19. The van der Waals surface area contributed by atoms with E-state index >= 15 is 0 Å². The molecule has 2 aromatic carbocycles. The zero-order valence-electron chi connectivity index (χ0n) is 19.9. The van der Waals surface area contributed by atoms with Crippen LogP contribution in [0.4, 0.5) is 4.79 Å². The smallest absolute Gasteiger partial charge is 0.407 e. The summed E-state index contributed by atoms with van der Waals surface area (Å²) in [5, 5.41) is 21.9. The number of hydrogen-bond donors (Lipinski definition) is 3. The Morgan fingerprint density at radius 3 is 2.20 bits per heavy atom. The van der Waals surface area contributed by atoms with Gasteiger partial charge in [0.25, 0.3) is 0 Å². The van der Waals surface area contributed by atoms with Gasteiger partial charge in [0.15, 0.2) is 5.60 Å². The van der Waals surface area contributed by atoms with Gasteiger partial charge in [-0.15, -0.1) is 0 Å². The zero-order valence-corrected chi connectivity index (χ0v) is 19.9. The van der Waals surface area contributed by atoms with Crippen LogP contribution in [0.15, 0.2) is 48.5 Å². The summed E-state index contributed by atoms with van der Waals surface area (Å²) in [5.41, 5.74) is 2.93. The van der Waals surface area contributed by atoms with Gasteiger partial charge in [-0.1, -0.05) is 55.5 Å². The van der Waals surface area contributed by atoms with E-state index in [1.807, 2.05) is 31.2 Å². The van der Waals surface area contributed by atoms with Crippen molar-refractivity contribution in [1.82, 2.24) is 10.2 Å². The largest absolute Gasteiger partial charge is 0.479 e. The second kappa shape index (κ2) is 10.5. The van der Waals surface area contributed by atoms with E-state index < -0.39 is 17.7 Å². The number of carbonyl (C=O) groups is 3. The SMILES string of the molecule is CC(CCCNC(=O)OCC1c2ccccc2-c2ccccc21)C(=O)N1CCC(O)(C(=O)O)CC1. The number of carbonyl (C=O) groups excluding carboxylic acids is 2. The highest BCUT2D eigenvalue weighted by atomic mass is 16.5. The molecule has 8 heteroatoms. The standard InChI is InChI=1S/C27H32N2O6/c1-18(24(30)29-15-12-27(34,13-16-29)25(31)32)7-6-14-28-26(33)35-17-23-21-10-4-2-8-19(21)20-9-3-5-11-22(20)23/h2-5,8-11,18,23,34H,6-7,12-17H2,1H3,(H,28,33)(H,31,32). The van der Waals surface area contributed by atoms with Gasteiger partial charge in [-0.05, 0) is 35.1 Å². The van der Waals surface area contributed by atoms with Crippen LogP contribution in [-0.4, -0.2) is 64.9 Å².